The molecule has 0 heterocycles. The normalized spacial score (nSPS) is 10.9. The van der Waals surface area contributed by atoms with E-state index >= 15 is 0 Å². The molecule has 7 N–H and O–H groups in total. The third-order valence-electron chi connectivity index (χ3n) is 5.12. The van der Waals surface area contributed by atoms with Crippen LogP contribution in [0.25, 0.3) is 0 Å². The topological polar surface area (TPSA) is 65.4 Å². The average Bonchev–Trinajstić information content (AvgIpc) is 2.78. The first-order valence-electron chi connectivity index (χ1n) is 10.3. The van der Waals surface area contributed by atoms with Gasteiger partial charge < -0.3 is 5.32 Å². The van der Waals surface area contributed by atoms with Crippen LogP contribution in [0.15, 0.2) is 97.1 Å². The second-order valence-corrected chi connectivity index (χ2v) is 7.52. The van der Waals surface area contributed by atoms with Crippen LogP contribution >= 0.6 is 0 Å². The Kier molecular flexibility index (Phi) is 6.32. The molecule has 4 aromatic carbocycles. The SMILES string of the molecule is C[NH2+]c1ccc([NH2+]c2ccc([NH+]c3ccc([NH2+]c4ccc(C)cc4)cc3)cc2)cc1. The van der Waals surface area contributed by atoms with Gasteiger partial charge in [0.25, 0.3) is 0 Å². The smallest absolute Gasteiger partial charge is 0.185 e. The summed E-state index contributed by atoms with van der Waals surface area (Å²) in [5.74, 6) is 0. The van der Waals surface area contributed by atoms with Gasteiger partial charge in [-0.05, 0) is 19.1 Å². The predicted octanol–water partition coefficient (Wildman–Crippen LogP) is 2.19. The molecule has 4 rings (SSSR count). The van der Waals surface area contributed by atoms with Gasteiger partial charge in [-0.1, -0.05) is 17.7 Å². The van der Waals surface area contributed by atoms with Crippen molar-refractivity contribution in [1.82, 2.24) is 0 Å². The van der Waals surface area contributed by atoms with E-state index in [2.05, 4.69) is 132 Å². The fourth-order valence-electron chi connectivity index (χ4n) is 3.32. The second-order valence-electron chi connectivity index (χ2n) is 7.52. The van der Waals surface area contributed by atoms with Gasteiger partial charge in [0.05, 0.1) is 7.05 Å². The number of hydrogen-bond donors (Lipinski definition) is 4. The lowest BCUT2D eigenvalue weighted by Crippen LogP contribution is -2.73. The lowest BCUT2D eigenvalue weighted by atomic mass is 10.2. The van der Waals surface area contributed by atoms with Crippen LogP contribution in [-0.2, 0) is 0 Å². The van der Waals surface area contributed by atoms with Crippen LogP contribution in [-0.4, -0.2) is 7.05 Å². The molecule has 4 aromatic rings. The Balaban J connectivity index is 1.35. The van der Waals surface area contributed by atoms with Gasteiger partial charge in [-0.15, -0.1) is 5.32 Å². The molecule has 149 valence electrons. The number of hydrogen-bond acceptors (Lipinski definition) is 1. The van der Waals surface area contributed by atoms with Gasteiger partial charge in [0.2, 0.25) is 0 Å². The van der Waals surface area contributed by atoms with Crippen molar-refractivity contribution in [1.29, 1.82) is 0 Å². The fraction of sp³-hybridized carbons (Fsp3) is 0.0769. The third-order valence-corrected chi connectivity index (χ3v) is 5.12. The third kappa shape index (κ3) is 5.41. The van der Waals surface area contributed by atoms with Crippen LogP contribution in [0.5, 0.6) is 0 Å². The van der Waals surface area contributed by atoms with Crippen molar-refractivity contribution in [3.05, 3.63) is 103 Å². The number of nitrogens with one attached hydrogen (secondary N) is 1. The molecule has 0 bridgehead atoms. The number of benzene rings is 4. The molecule has 0 unspecified atom stereocenters. The minimum Gasteiger partial charge on any atom is -0.316 e. The van der Waals surface area contributed by atoms with Crippen molar-refractivity contribution in [3.8, 4) is 0 Å². The highest BCUT2D eigenvalue weighted by Gasteiger charge is 2.09. The molecule has 0 aliphatic carbocycles. The Hall–Kier alpha value is -3.28. The van der Waals surface area contributed by atoms with E-state index in [0.717, 1.165) is 11.4 Å². The Morgan fingerprint density at radius 3 is 1.20 bits per heavy atom. The van der Waals surface area contributed by atoms with Gasteiger partial charge in [0.1, 0.15) is 28.4 Å². The Morgan fingerprint density at radius 2 is 0.800 bits per heavy atom. The van der Waals surface area contributed by atoms with Gasteiger partial charge in [-0.3, -0.25) is 10.6 Å². The average molecular weight is 398 g/mol. The lowest BCUT2D eigenvalue weighted by molar-refractivity contribution is -0.539. The molecule has 0 atom stereocenters. The van der Waals surface area contributed by atoms with E-state index in [9.17, 15) is 0 Å². The number of quaternary nitrogens is 3. The molecule has 0 spiro atoms. The summed E-state index contributed by atoms with van der Waals surface area (Å²) >= 11 is 0. The maximum atomic E-state index is 3.48. The molecular weight excluding hydrogens is 368 g/mol. The van der Waals surface area contributed by atoms with E-state index in [1.54, 1.807) is 0 Å². The van der Waals surface area contributed by atoms with Crippen molar-refractivity contribution >= 4 is 39.8 Å². The first kappa shape index (κ1) is 20.0. The van der Waals surface area contributed by atoms with E-state index in [1.165, 1.54) is 34.0 Å². The standard InChI is InChI=1S/C26H26N4/c1-19-3-5-21(6-4-19)28-23-11-13-25(14-12-23)30-26-17-15-24(16-18-26)29-22-9-7-20(27-2)8-10-22/h3-18,27-30H,1-2H3/q+1/p+3. The van der Waals surface area contributed by atoms with E-state index in [0.29, 0.717) is 0 Å². The molecule has 4 nitrogen and oxygen atoms in total. The van der Waals surface area contributed by atoms with Crippen LogP contribution in [0.2, 0.25) is 0 Å². The first-order chi connectivity index (χ1) is 14.7. The maximum absolute atomic E-state index is 3.48. The minimum absolute atomic E-state index is 1.08. The van der Waals surface area contributed by atoms with Gasteiger partial charge in [0.15, 0.2) is 11.4 Å². The van der Waals surface area contributed by atoms with Crippen molar-refractivity contribution < 1.29 is 21.3 Å². The summed E-state index contributed by atoms with van der Waals surface area (Å²) in [4.78, 5) is 0. The van der Waals surface area contributed by atoms with Crippen LogP contribution in [0, 0.1) is 6.92 Å². The molecular formula is C26H29N4+4. The predicted molar refractivity (Wildman–Crippen MR) is 121 cm³/mol. The van der Waals surface area contributed by atoms with E-state index < -0.39 is 0 Å². The minimum atomic E-state index is 1.08. The molecule has 4 heteroatoms. The highest BCUT2D eigenvalue weighted by Crippen LogP contribution is 2.12. The van der Waals surface area contributed by atoms with E-state index in [-0.39, 0.29) is 0 Å². The molecule has 0 saturated carbocycles. The Morgan fingerprint density at radius 1 is 0.467 bits per heavy atom. The monoisotopic (exact) mass is 397 g/mol. The van der Waals surface area contributed by atoms with Crippen LogP contribution in [0.1, 0.15) is 5.56 Å². The summed E-state index contributed by atoms with van der Waals surface area (Å²) in [6.45, 7) is 2.11. The zero-order valence-electron chi connectivity index (χ0n) is 17.5. The number of aryl methyl sites for hydroxylation is 1. The zero-order valence-corrected chi connectivity index (χ0v) is 17.5. The summed E-state index contributed by atoms with van der Waals surface area (Å²) in [5.41, 5.74) is 9.50. The number of rotatable bonds is 7. The summed E-state index contributed by atoms with van der Waals surface area (Å²) in [5, 5.41) is 9.97. The largest absolute Gasteiger partial charge is 0.316 e. The van der Waals surface area contributed by atoms with Crippen LogP contribution in [0.3, 0.4) is 0 Å². The summed E-state index contributed by atoms with van der Waals surface area (Å²) < 4.78 is 0. The zero-order chi connectivity index (χ0) is 20.8. The summed E-state index contributed by atoms with van der Waals surface area (Å²) in [6.07, 6.45) is 0. The van der Waals surface area contributed by atoms with E-state index in [1.807, 2.05) is 0 Å². The fourth-order valence-corrected chi connectivity index (χ4v) is 3.32. The molecule has 0 aromatic heterocycles. The quantitative estimate of drug-likeness (QED) is 0.346. The molecule has 30 heavy (non-hydrogen) atoms. The van der Waals surface area contributed by atoms with Gasteiger partial charge in [-0.2, -0.15) is 0 Å². The van der Waals surface area contributed by atoms with Gasteiger partial charge in [0, 0.05) is 72.8 Å². The highest BCUT2D eigenvalue weighted by molar-refractivity contribution is 5.47. The Bertz CT molecular complexity index is 1070. The number of nitrogens with two attached hydrogens (primary N) is 3. The molecule has 0 aliphatic rings. The molecule has 0 amide bonds. The van der Waals surface area contributed by atoms with Gasteiger partial charge in [-0.25, -0.2) is 0 Å². The molecule has 1 radical (unpaired) electrons. The van der Waals surface area contributed by atoms with Crippen molar-refractivity contribution in [2.75, 3.05) is 7.05 Å². The molecule has 0 fully saturated rings. The number of anilines is 2. The maximum Gasteiger partial charge on any atom is 0.185 e. The Labute approximate surface area is 178 Å². The highest BCUT2D eigenvalue weighted by atomic mass is 14.9. The van der Waals surface area contributed by atoms with Gasteiger partial charge >= 0.3 is 0 Å². The second kappa shape index (κ2) is 9.48. The van der Waals surface area contributed by atoms with Crippen molar-refractivity contribution in [2.24, 2.45) is 0 Å². The van der Waals surface area contributed by atoms with E-state index in [4.69, 9.17) is 0 Å². The lowest BCUT2D eigenvalue weighted by Gasteiger charge is -2.02. The summed E-state index contributed by atoms with van der Waals surface area (Å²) in [6, 6.07) is 34.2. The molecule has 0 saturated heterocycles. The van der Waals surface area contributed by atoms with Crippen molar-refractivity contribution in [3.63, 3.8) is 0 Å². The van der Waals surface area contributed by atoms with Crippen molar-refractivity contribution in [2.45, 2.75) is 6.92 Å². The first-order valence-corrected chi connectivity index (χ1v) is 10.3. The summed E-state index contributed by atoms with van der Waals surface area (Å²) in [7, 11) is 2.06. The molecule has 0 aliphatic heterocycles. The van der Waals surface area contributed by atoms with Crippen LogP contribution < -0.4 is 21.3 Å². The van der Waals surface area contributed by atoms with Crippen LogP contribution in [0.4, 0.5) is 39.8 Å².